The van der Waals surface area contributed by atoms with Gasteiger partial charge in [-0.15, -0.1) is 0 Å². The van der Waals surface area contributed by atoms with Crippen molar-refractivity contribution in [3.05, 3.63) is 59.2 Å². The number of hydrogen-bond donors (Lipinski definition) is 1. The van der Waals surface area contributed by atoms with Crippen LogP contribution in [0.2, 0.25) is 0 Å². The van der Waals surface area contributed by atoms with Crippen LogP contribution in [0, 0.1) is 6.92 Å². The van der Waals surface area contributed by atoms with Crippen molar-refractivity contribution in [3.63, 3.8) is 0 Å². The van der Waals surface area contributed by atoms with Crippen molar-refractivity contribution < 1.29 is 13.2 Å². The summed E-state index contributed by atoms with van der Waals surface area (Å²) in [6.07, 6.45) is 0.820. The largest absolute Gasteiger partial charge is 0.315 e. The van der Waals surface area contributed by atoms with Crippen molar-refractivity contribution in [1.82, 2.24) is 4.72 Å². The normalized spacial score (nSPS) is 14.6. The van der Waals surface area contributed by atoms with E-state index in [1.807, 2.05) is 45.0 Å². The zero-order valence-electron chi connectivity index (χ0n) is 15.5. The van der Waals surface area contributed by atoms with E-state index in [1.165, 1.54) is 5.56 Å². The number of carbonyl (C=O) groups excluding carboxylic acids is 1. The number of sulfonamides is 1. The van der Waals surface area contributed by atoms with Crippen molar-refractivity contribution in [2.75, 3.05) is 11.9 Å². The van der Waals surface area contributed by atoms with Gasteiger partial charge in [0.05, 0.1) is 11.3 Å². The Hall–Kier alpha value is -2.18. The molecular weight excluding hydrogens is 348 g/mol. The molecule has 0 aromatic heterocycles. The van der Waals surface area contributed by atoms with E-state index in [9.17, 15) is 13.2 Å². The molecule has 6 heteroatoms. The summed E-state index contributed by atoms with van der Waals surface area (Å²) in [6, 6.07) is 12.9. The number of nitrogens with zero attached hydrogens (tertiary/aromatic N) is 1. The number of amides is 1. The molecule has 0 radical (unpaired) electrons. The molecule has 1 amide bonds. The summed E-state index contributed by atoms with van der Waals surface area (Å²) in [6.45, 7) is 5.76. The molecule has 0 saturated carbocycles. The molecule has 2 aromatic carbocycles. The predicted octanol–water partition coefficient (Wildman–Crippen LogP) is 2.81. The van der Waals surface area contributed by atoms with Crippen LogP contribution in [-0.2, 0) is 27.7 Å². The number of hydrogen-bond acceptors (Lipinski definition) is 3. The SMILES string of the molecule is Cc1ccc(CC(C)(C)NS(=O)(=O)c2ccc3c(c2)CC(=O)N3C)cc1. The molecule has 0 spiro atoms. The molecule has 0 fully saturated rings. The van der Waals surface area contributed by atoms with Crippen molar-refractivity contribution in [3.8, 4) is 0 Å². The third-order valence-corrected chi connectivity index (χ3v) is 6.31. The molecule has 0 saturated heterocycles. The highest BCUT2D eigenvalue weighted by atomic mass is 32.2. The second-order valence-corrected chi connectivity index (χ2v) is 9.25. The van der Waals surface area contributed by atoms with E-state index in [2.05, 4.69) is 4.72 Å². The summed E-state index contributed by atoms with van der Waals surface area (Å²) in [7, 11) is -1.98. The highest BCUT2D eigenvalue weighted by molar-refractivity contribution is 7.89. The lowest BCUT2D eigenvalue weighted by atomic mass is 9.96. The van der Waals surface area contributed by atoms with Crippen LogP contribution in [0.4, 0.5) is 5.69 Å². The van der Waals surface area contributed by atoms with E-state index in [0.29, 0.717) is 6.42 Å². The Morgan fingerprint density at radius 2 is 1.77 bits per heavy atom. The van der Waals surface area contributed by atoms with E-state index in [4.69, 9.17) is 0 Å². The Morgan fingerprint density at radius 1 is 1.12 bits per heavy atom. The van der Waals surface area contributed by atoms with E-state index < -0.39 is 15.6 Å². The van der Waals surface area contributed by atoms with Crippen LogP contribution in [0.3, 0.4) is 0 Å². The molecular formula is C20H24N2O3S. The lowest BCUT2D eigenvalue weighted by Crippen LogP contribution is -2.45. The van der Waals surface area contributed by atoms with Crippen molar-refractivity contribution in [2.45, 2.75) is 44.0 Å². The minimum atomic E-state index is -3.68. The van der Waals surface area contributed by atoms with Gasteiger partial charge in [-0.3, -0.25) is 4.79 Å². The number of aryl methyl sites for hydroxylation is 1. The quantitative estimate of drug-likeness (QED) is 0.878. The molecule has 0 bridgehead atoms. The van der Waals surface area contributed by atoms with Gasteiger partial charge in [0.25, 0.3) is 0 Å². The number of nitrogens with one attached hydrogen (secondary N) is 1. The van der Waals surface area contributed by atoms with Gasteiger partial charge in [-0.25, -0.2) is 13.1 Å². The van der Waals surface area contributed by atoms with Gasteiger partial charge in [0.2, 0.25) is 15.9 Å². The van der Waals surface area contributed by atoms with Crippen LogP contribution < -0.4 is 9.62 Å². The van der Waals surface area contributed by atoms with Gasteiger partial charge in [-0.05, 0) is 56.5 Å². The molecule has 1 heterocycles. The summed E-state index contributed by atoms with van der Waals surface area (Å²) in [5, 5.41) is 0. The van der Waals surface area contributed by atoms with Crippen LogP contribution in [0.5, 0.6) is 0 Å². The Balaban J connectivity index is 1.81. The first kappa shape index (κ1) is 18.6. The summed E-state index contributed by atoms with van der Waals surface area (Å²) < 4.78 is 28.5. The molecule has 5 nitrogen and oxygen atoms in total. The third-order valence-electron chi connectivity index (χ3n) is 4.62. The Bertz CT molecular complexity index is 948. The van der Waals surface area contributed by atoms with E-state index in [1.54, 1.807) is 30.1 Å². The number of likely N-dealkylation sites (N-methyl/N-ethyl adjacent to an activating group) is 1. The molecule has 2 aromatic rings. The van der Waals surface area contributed by atoms with Crippen LogP contribution in [0.25, 0.3) is 0 Å². The monoisotopic (exact) mass is 372 g/mol. The van der Waals surface area contributed by atoms with E-state index in [-0.39, 0.29) is 17.2 Å². The minimum absolute atomic E-state index is 0.0257. The molecule has 0 unspecified atom stereocenters. The highest BCUT2D eigenvalue weighted by Crippen LogP contribution is 2.30. The zero-order chi connectivity index (χ0) is 19.1. The molecule has 0 atom stereocenters. The maximum atomic E-state index is 12.8. The Kier molecular flexibility index (Phi) is 4.67. The first-order valence-electron chi connectivity index (χ1n) is 8.56. The van der Waals surface area contributed by atoms with E-state index in [0.717, 1.165) is 16.8 Å². The van der Waals surface area contributed by atoms with Crippen molar-refractivity contribution >= 4 is 21.6 Å². The first-order chi connectivity index (χ1) is 12.1. The highest BCUT2D eigenvalue weighted by Gasteiger charge is 2.29. The number of anilines is 1. The fraction of sp³-hybridized carbons (Fsp3) is 0.350. The molecule has 138 valence electrons. The zero-order valence-corrected chi connectivity index (χ0v) is 16.4. The number of carbonyl (C=O) groups is 1. The molecule has 0 aliphatic carbocycles. The van der Waals surface area contributed by atoms with Crippen molar-refractivity contribution in [1.29, 1.82) is 0 Å². The van der Waals surface area contributed by atoms with Crippen LogP contribution in [0.15, 0.2) is 47.4 Å². The molecule has 1 aliphatic rings. The van der Waals surface area contributed by atoms with E-state index >= 15 is 0 Å². The Morgan fingerprint density at radius 3 is 2.42 bits per heavy atom. The van der Waals surface area contributed by atoms with Gasteiger partial charge in [-0.2, -0.15) is 0 Å². The van der Waals surface area contributed by atoms with Gasteiger partial charge in [0.15, 0.2) is 0 Å². The van der Waals surface area contributed by atoms with Gasteiger partial charge in [0.1, 0.15) is 0 Å². The van der Waals surface area contributed by atoms with Gasteiger partial charge < -0.3 is 4.90 Å². The molecule has 3 rings (SSSR count). The molecule has 1 N–H and O–H groups in total. The predicted molar refractivity (Wildman–Crippen MR) is 103 cm³/mol. The van der Waals surface area contributed by atoms with Gasteiger partial charge in [-0.1, -0.05) is 29.8 Å². The summed E-state index contributed by atoms with van der Waals surface area (Å²) in [5.74, 6) is -0.0257. The summed E-state index contributed by atoms with van der Waals surface area (Å²) >= 11 is 0. The summed E-state index contributed by atoms with van der Waals surface area (Å²) in [4.78, 5) is 13.6. The average Bonchev–Trinajstić information content (AvgIpc) is 2.82. The maximum Gasteiger partial charge on any atom is 0.241 e. The first-order valence-corrected chi connectivity index (χ1v) is 10.0. The topological polar surface area (TPSA) is 66.5 Å². The fourth-order valence-corrected chi connectivity index (χ4v) is 4.75. The second kappa shape index (κ2) is 6.52. The van der Waals surface area contributed by atoms with Gasteiger partial charge >= 0.3 is 0 Å². The van der Waals surface area contributed by atoms with Crippen LogP contribution >= 0.6 is 0 Å². The third kappa shape index (κ3) is 3.81. The maximum absolute atomic E-state index is 12.8. The molecule has 1 aliphatic heterocycles. The average molecular weight is 372 g/mol. The molecule has 26 heavy (non-hydrogen) atoms. The fourth-order valence-electron chi connectivity index (χ4n) is 3.29. The summed E-state index contributed by atoms with van der Waals surface area (Å²) in [5.41, 5.74) is 3.12. The van der Waals surface area contributed by atoms with Crippen molar-refractivity contribution in [2.24, 2.45) is 0 Å². The lowest BCUT2D eigenvalue weighted by Gasteiger charge is -2.26. The van der Waals surface area contributed by atoms with Crippen LogP contribution in [0.1, 0.15) is 30.5 Å². The Labute approximate surface area is 155 Å². The van der Waals surface area contributed by atoms with Crippen LogP contribution in [-0.4, -0.2) is 26.9 Å². The number of rotatable bonds is 5. The standard InChI is InChI=1S/C20H24N2O3S/c1-14-5-7-15(8-6-14)13-20(2,3)21-26(24,25)17-9-10-18-16(11-17)12-19(23)22(18)4/h5-11,21H,12-13H2,1-4H3. The second-order valence-electron chi connectivity index (χ2n) is 7.57. The smallest absolute Gasteiger partial charge is 0.241 e. The number of fused-ring (bicyclic) bond motifs is 1. The van der Waals surface area contributed by atoms with Gasteiger partial charge in [0, 0.05) is 18.3 Å². The number of benzene rings is 2. The lowest BCUT2D eigenvalue weighted by molar-refractivity contribution is -0.117. The minimum Gasteiger partial charge on any atom is -0.315 e.